The smallest absolute Gasteiger partial charge is 0.180 e. The highest BCUT2D eigenvalue weighted by Gasteiger charge is 2.16. The Hall–Kier alpha value is -1.78. The minimum atomic E-state index is 0.384. The number of rotatable bonds is 6. The Morgan fingerprint density at radius 1 is 1.32 bits per heavy atom. The van der Waals surface area contributed by atoms with Crippen LogP contribution in [-0.4, -0.2) is 27.5 Å². The van der Waals surface area contributed by atoms with Crippen LogP contribution in [0.15, 0.2) is 18.6 Å². The lowest BCUT2D eigenvalue weighted by molar-refractivity contribution is 0.437. The zero-order valence-electron chi connectivity index (χ0n) is 12.1. The van der Waals surface area contributed by atoms with Crippen LogP contribution >= 0.6 is 0 Å². The average molecular weight is 261 g/mol. The Balaban J connectivity index is 2.30. The van der Waals surface area contributed by atoms with E-state index in [9.17, 15) is 0 Å². The molecule has 2 aromatic rings. The summed E-state index contributed by atoms with van der Waals surface area (Å²) in [5.74, 6) is 2.33. The fourth-order valence-electron chi connectivity index (χ4n) is 2.48. The predicted molar refractivity (Wildman–Crippen MR) is 79.7 cm³/mol. The van der Waals surface area contributed by atoms with E-state index in [4.69, 9.17) is 0 Å². The number of anilines is 2. The lowest BCUT2D eigenvalue weighted by Crippen LogP contribution is -2.26. The van der Waals surface area contributed by atoms with Gasteiger partial charge in [0.25, 0.3) is 0 Å². The molecule has 0 aliphatic heterocycles. The van der Waals surface area contributed by atoms with E-state index >= 15 is 0 Å². The molecular formula is C14H23N5. The third-order valence-corrected chi connectivity index (χ3v) is 3.75. The van der Waals surface area contributed by atoms with Gasteiger partial charge in [-0.25, -0.2) is 9.97 Å². The van der Waals surface area contributed by atoms with Crippen molar-refractivity contribution in [3.05, 3.63) is 18.6 Å². The molecule has 0 saturated heterocycles. The largest absolute Gasteiger partial charge is 0.372 e. The van der Waals surface area contributed by atoms with E-state index in [0.29, 0.717) is 12.0 Å². The lowest BCUT2D eigenvalue weighted by atomic mass is 9.95. The van der Waals surface area contributed by atoms with Gasteiger partial charge in [-0.15, -0.1) is 0 Å². The molecule has 5 heteroatoms. The van der Waals surface area contributed by atoms with Crippen molar-refractivity contribution in [1.82, 2.24) is 14.4 Å². The molecule has 2 aromatic heterocycles. The number of hydrogen-bond acceptors (Lipinski definition) is 4. The molecule has 0 aliphatic carbocycles. The van der Waals surface area contributed by atoms with Crippen molar-refractivity contribution in [2.45, 2.75) is 39.7 Å². The van der Waals surface area contributed by atoms with Crippen LogP contribution in [0.3, 0.4) is 0 Å². The normalized spacial score (nSPS) is 12.9. The quantitative estimate of drug-likeness (QED) is 0.839. The van der Waals surface area contributed by atoms with E-state index in [1.54, 1.807) is 6.20 Å². The van der Waals surface area contributed by atoms with Crippen LogP contribution in [-0.2, 0) is 0 Å². The van der Waals surface area contributed by atoms with Crippen LogP contribution in [0.25, 0.3) is 5.65 Å². The third-order valence-electron chi connectivity index (χ3n) is 3.75. The highest BCUT2D eigenvalue weighted by molar-refractivity contribution is 5.65. The monoisotopic (exact) mass is 261 g/mol. The highest BCUT2D eigenvalue weighted by atomic mass is 15.1. The first-order valence-corrected chi connectivity index (χ1v) is 6.97. The molecule has 0 bridgehead atoms. The number of aromatic nitrogens is 3. The summed E-state index contributed by atoms with van der Waals surface area (Å²) in [6, 6.07) is 0.384. The summed E-state index contributed by atoms with van der Waals surface area (Å²) in [7, 11) is 1.87. The van der Waals surface area contributed by atoms with Gasteiger partial charge in [0.1, 0.15) is 5.82 Å². The molecule has 0 radical (unpaired) electrons. The lowest BCUT2D eigenvalue weighted by Gasteiger charge is -2.23. The molecule has 0 saturated carbocycles. The first kappa shape index (κ1) is 13.6. The fourth-order valence-corrected chi connectivity index (χ4v) is 2.48. The van der Waals surface area contributed by atoms with E-state index < -0.39 is 0 Å². The van der Waals surface area contributed by atoms with Crippen LogP contribution in [0.2, 0.25) is 0 Å². The number of fused-ring (bicyclic) bond motifs is 1. The van der Waals surface area contributed by atoms with Gasteiger partial charge in [0.05, 0.1) is 6.20 Å². The van der Waals surface area contributed by atoms with Crippen LogP contribution < -0.4 is 10.6 Å². The van der Waals surface area contributed by atoms with Crippen molar-refractivity contribution in [3.8, 4) is 0 Å². The molecule has 0 aliphatic rings. The van der Waals surface area contributed by atoms with Crippen molar-refractivity contribution in [3.63, 3.8) is 0 Å². The van der Waals surface area contributed by atoms with Crippen LogP contribution in [0, 0.1) is 5.92 Å². The minimum Gasteiger partial charge on any atom is -0.372 e. The number of hydrogen-bond donors (Lipinski definition) is 2. The van der Waals surface area contributed by atoms with Crippen molar-refractivity contribution >= 4 is 17.3 Å². The van der Waals surface area contributed by atoms with Crippen molar-refractivity contribution in [1.29, 1.82) is 0 Å². The Morgan fingerprint density at radius 3 is 2.68 bits per heavy atom. The number of nitrogens with one attached hydrogen (secondary N) is 2. The van der Waals surface area contributed by atoms with Gasteiger partial charge >= 0.3 is 0 Å². The molecule has 2 heterocycles. The standard InChI is InChI=1S/C14H23N5/c1-5-11(6-2)10(3)17-13-14-16-7-8-19(14)9-12(15-4)18-13/h7-11,15H,5-6H2,1-4H3,(H,17,18). The molecule has 5 nitrogen and oxygen atoms in total. The summed E-state index contributed by atoms with van der Waals surface area (Å²) in [6.45, 7) is 6.68. The molecule has 2 rings (SSSR count). The van der Waals surface area contributed by atoms with Crippen molar-refractivity contribution < 1.29 is 0 Å². The maximum atomic E-state index is 4.58. The fraction of sp³-hybridized carbons (Fsp3) is 0.571. The summed E-state index contributed by atoms with van der Waals surface area (Å²) in [5.41, 5.74) is 0.872. The molecule has 1 unspecified atom stereocenters. The summed E-state index contributed by atoms with van der Waals surface area (Å²) in [6.07, 6.45) is 8.01. The van der Waals surface area contributed by atoms with Gasteiger partial charge in [-0.05, 0) is 12.8 Å². The Bertz CT molecular complexity index is 530. The summed E-state index contributed by atoms with van der Waals surface area (Å²) >= 11 is 0. The van der Waals surface area contributed by atoms with Gasteiger partial charge in [-0.3, -0.25) is 0 Å². The summed E-state index contributed by atoms with van der Waals surface area (Å²) in [4.78, 5) is 8.95. The molecule has 19 heavy (non-hydrogen) atoms. The van der Waals surface area contributed by atoms with Gasteiger partial charge < -0.3 is 15.0 Å². The Labute approximate surface area is 114 Å². The molecule has 2 N–H and O–H groups in total. The first-order valence-electron chi connectivity index (χ1n) is 6.97. The van der Waals surface area contributed by atoms with Gasteiger partial charge in [0.2, 0.25) is 0 Å². The van der Waals surface area contributed by atoms with E-state index in [0.717, 1.165) is 17.3 Å². The molecular weight excluding hydrogens is 238 g/mol. The van der Waals surface area contributed by atoms with E-state index in [-0.39, 0.29) is 0 Å². The Kier molecular flexibility index (Phi) is 4.24. The van der Waals surface area contributed by atoms with E-state index in [1.165, 1.54) is 12.8 Å². The maximum Gasteiger partial charge on any atom is 0.180 e. The van der Waals surface area contributed by atoms with E-state index in [1.807, 2.05) is 23.8 Å². The van der Waals surface area contributed by atoms with Crippen molar-refractivity contribution in [2.75, 3.05) is 17.7 Å². The Morgan fingerprint density at radius 2 is 2.05 bits per heavy atom. The minimum absolute atomic E-state index is 0.384. The SMILES string of the molecule is CCC(CC)C(C)Nc1nc(NC)cn2ccnc12. The van der Waals surface area contributed by atoms with Gasteiger partial charge in [0.15, 0.2) is 11.5 Å². The maximum absolute atomic E-state index is 4.58. The van der Waals surface area contributed by atoms with Gasteiger partial charge in [-0.2, -0.15) is 0 Å². The van der Waals surface area contributed by atoms with Crippen LogP contribution in [0.1, 0.15) is 33.6 Å². The molecule has 0 amide bonds. The van der Waals surface area contributed by atoms with Crippen LogP contribution in [0.5, 0.6) is 0 Å². The second-order valence-electron chi connectivity index (χ2n) is 4.89. The second kappa shape index (κ2) is 5.91. The summed E-state index contributed by atoms with van der Waals surface area (Å²) < 4.78 is 1.99. The van der Waals surface area contributed by atoms with Crippen molar-refractivity contribution in [2.24, 2.45) is 5.92 Å². The number of imidazole rings is 1. The summed E-state index contributed by atoms with van der Waals surface area (Å²) in [5, 5.41) is 6.59. The number of nitrogens with zero attached hydrogens (tertiary/aromatic N) is 3. The molecule has 104 valence electrons. The zero-order valence-corrected chi connectivity index (χ0v) is 12.1. The predicted octanol–water partition coefficient (Wildman–Crippen LogP) is 3.01. The topological polar surface area (TPSA) is 54.2 Å². The molecule has 0 aromatic carbocycles. The van der Waals surface area contributed by atoms with Gasteiger partial charge in [0, 0.05) is 25.5 Å². The first-order chi connectivity index (χ1) is 9.19. The molecule has 1 atom stereocenters. The van der Waals surface area contributed by atoms with E-state index in [2.05, 4.69) is 41.4 Å². The molecule has 0 fully saturated rings. The molecule has 0 spiro atoms. The highest BCUT2D eigenvalue weighted by Crippen LogP contribution is 2.21. The second-order valence-corrected chi connectivity index (χ2v) is 4.89. The zero-order chi connectivity index (χ0) is 13.8. The van der Waals surface area contributed by atoms with Crippen LogP contribution in [0.4, 0.5) is 11.6 Å². The van der Waals surface area contributed by atoms with Gasteiger partial charge in [-0.1, -0.05) is 26.7 Å². The average Bonchev–Trinajstić information content (AvgIpc) is 2.88. The third kappa shape index (κ3) is 2.80.